The Morgan fingerprint density at radius 2 is 2.07 bits per heavy atom. The highest BCUT2D eigenvalue weighted by Crippen LogP contribution is 2.03. The average Bonchev–Trinajstić information content (AvgIpc) is 2.17. The molecule has 1 unspecified atom stereocenters. The predicted octanol–water partition coefficient (Wildman–Crippen LogP) is 1.49. The van der Waals surface area contributed by atoms with Gasteiger partial charge in [0, 0.05) is 6.42 Å². The van der Waals surface area contributed by atoms with E-state index in [4.69, 9.17) is 17.3 Å². The first-order valence-electron chi connectivity index (χ1n) is 4.36. The number of hydrogen-bond donors (Lipinski definition) is 3. The number of thiocarbonyl (C=S) groups is 1. The lowest BCUT2D eigenvalue weighted by Crippen LogP contribution is -2.39. The van der Waals surface area contributed by atoms with E-state index in [2.05, 4.69) is 17.9 Å². The first-order chi connectivity index (χ1) is 7.09. The summed E-state index contributed by atoms with van der Waals surface area (Å²) in [6, 6.07) is 8.65. The van der Waals surface area contributed by atoms with Crippen LogP contribution in [0.5, 0.6) is 0 Å². The van der Waals surface area contributed by atoms with Crippen LogP contribution in [0.25, 0.3) is 0 Å². The van der Waals surface area contributed by atoms with E-state index >= 15 is 0 Å². The molecule has 1 aromatic rings. The molecule has 0 aliphatic carbocycles. The van der Waals surface area contributed by atoms with Gasteiger partial charge in [-0.2, -0.15) is 0 Å². The van der Waals surface area contributed by atoms with Gasteiger partial charge in [0.15, 0.2) is 0 Å². The summed E-state index contributed by atoms with van der Waals surface area (Å²) in [6.07, 6.45) is 0.386. The number of carboxylic acids is 1. The van der Waals surface area contributed by atoms with Crippen LogP contribution in [0.4, 0.5) is 0 Å². The normalized spacial score (nSPS) is 11.8. The summed E-state index contributed by atoms with van der Waals surface area (Å²) >= 11 is 8.55. The van der Waals surface area contributed by atoms with Gasteiger partial charge in [0.05, 0.1) is 0 Å². The van der Waals surface area contributed by atoms with Crippen molar-refractivity contribution in [2.75, 3.05) is 0 Å². The largest absolute Gasteiger partial charge is 0.480 e. The molecule has 0 radical (unpaired) electrons. The minimum absolute atomic E-state index is 0.193. The summed E-state index contributed by atoms with van der Waals surface area (Å²) in [5.74, 6) is -0.935. The van der Waals surface area contributed by atoms with Gasteiger partial charge >= 0.3 is 5.97 Å². The van der Waals surface area contributed by atoms with E-state index in [1.165, 1.54) is 0 Å². The molecule has 0 fully saturated rings. The average molecular weight is 241 g/mol. The van der Waals surface area contributed by atoms with Crippen molar-refractivity contribution < 1.29 is 9.90 Å². The smallest absolute Gasteiger partial charge is 0.326 e. The monoisotopic (exact) mass is 241 g/mol. The Kier molecular flexibility index (Phi) is 4.58. The van der Waals surface area contributed by atoms with E-state index < -0.39 is 12.0 Å². The van der Waals surface area contributed by atoms with Crippen LogP contribution in [-0.4, -0.2) is 21.4 Å². The highest BCUT2D eigenvalue weighted by atomic mass is 32.1. The molecule has 0 aromatic heterocycles. The van der Waals surface area contributed by atoms with E-state index in [0.29, 0.717) is 6.42 Å². The fourth-order valence-corrected chi connectivity index (χ4v) is 1.50. The Balaban J connectivity index is 2.67. The zero-order valence-corrected chi connectivity index (χ0v) is 9.59. The number of rotatable bonds is 4. The maximum atomic E-state index is 10.9. The van der Waals surface area contributed by atoms with E-state index in [-0.39, 0.29) is 4.32 Å². The van der Waals surface area contributed by atoms with Gasteiger partial charge in [0.1, 0.15) is 10.4 Å². The summed E-state index contributed by atoms with van der Waals surface area (Å²) in [5, 5.41) is 11.6. The van der Waals surface area contributed by atoms with E-state index in [0.717, 1.165) is 5.56 Å². The molecule has 0 amide bonds. The SMILES string of the molecule is O=C(O)C(Cc1ccccc1)NC(=S)S. The molecule has 0 saturated carbocycles. The van der Waals surface area contributed by atoms with Crippen molar-refractivity contribution in [2.24, 2.45) is 0 Å². The van der Waals surface area contributed by atoms with Gasteiger partial charge in [-0.25, -0.2) is 4.79 Å². The van der Waals surface area contributed by atoms with Crippen molar-refractivity contribution in [3.8, 4) is 0 Å². The molecule has 0 saturated heterocycles. The maximum Gasteiger partial charge on any atom is 0.326 e. The number of carboxylic acid groups (broad SMARTS) is 1. The lowest BCUT2D eigenvalue weighted by Gasteiger charge is -2.13. The maximum absolute atomic E-state index is 10.9. The number of carbonyl (C=O) groups is 1. The molecule has 0 bridgehead atoms. The van der Waals surface area contributed by atoms with E-state index in [1.54, 1.807) is 0 Å². The van der Waals surface area contributed by atoms with Crippen LogP contribution in [0.15, 0.2) is 30.3 Å². The zero-order chi connectivity index (χ0) is 11.3. The Hall–Kier alpha value is -1.07. The van der Waals surface area contributed by atoms with Gasteiger partial charge < -0.3 is 10.4 Å². The summed E-state index contributed by atoms with van der Waals surface area (Å²) < 4.78 is 0.193. The van der Waals surface area contributed by atoms with E-state index in [1.807, 2.05) is 30.3 Å². The molecule has 3 nitrogen and oxygen atoms in total. The molecule has 5 heteroatoms. The molecule has 0 aliphatic heterocycles. The van der Waals surface area contributed by atoms with Crippen molar-refractivity contribution in [3.05, 3.63) is 35.9 Å². The zero-order valence-electron chi connectivity index (χ0n) is 7.88. The molecule has 0 spiro atoms. The first kappa shape index (κ1) is 12.0. The molecule has 0 aliphatic rings. The highest BCUT2D eigenvalue weighted by molar-refractivity contribution is 8.11. The second kappa shape index (κ2) is 5.72. The van der Waals surface area contributed by atoms with Gasteiger partial charge in [-0.3, -0.25) is 0 Å². The Bertz CT molecular complexity index is 354. The molecule has 0 heterocycles. The number of aliphatic carboxylic acids is 1. The minimum atomic E-state index is -0.935. The third-order valence-corrected chi connectivity index (χ3v) is 2.13. The summed E-state index contributed by atoms with van der Waals surface area (Å²) in [5.41, 5.74) is 0.946. The van der Waals surface area contributed by atoms with Gasteiger partial charge in [-0.15, -0.1) is 12.6 Å². The van der Waals surface area contributed by atoms with Crippen LogP contribution in [0.2, 0.25) is 0 Å². The Labute approximate surface area is 98.9 Å². The van der Waals surface area contributed by atoms with E-state index in [9.17, 15) is 4.79 Å². The Morgan fingerprint density at radius 1 is 1.47 bits per heavy atom. The van der Waals surface area contributed by atoms with Crippen LogP contribution in [0, 0.1) is 0 Å². The lowest BCUT2D eigenvalue weighted by atomic mass is 10.1. The van der Waals surface area contributed by atoms with Crippen molar-refractivity contribution in [3.63, 3.8) is 0 Å². The molecular formula is C10H11NO2S2. The first-order valence-corrected chi connectivity index (χ1v) is 5.21. The fourth-order valence-electron chi connectivity index (χ4n) is 1.20. The van der Waals surface area contributed by atoms with Gasteiger partial charge in [0.25, 0.3) is 0 Å². The Morgan fingerprint density at radius 3 is 2.53 bits per heavy atom. The molecule has 80 valence electrons. The van der Waals surface area contributed by atoms with Crippen molar-refractivity contribution >= 4 is 35.1 Å². The molecule has 2 N–H and O–H groups in total. The second-order valence-electron chi connectivity index (χ2n) is 3.03. The fraction of sp³-hybridized carbons (Fsp3) is 0.200. The topological polar surface area (TPSA) is 49.3 Å². The summed E-state index contributed by atoms with van der Waals surface area (Å²) in [7, 11) is 0. The van der Waals surface area contributed by atoms with Gasteiger partial charge in [-0.05, 0) is 5.56 Å². The van der Waals surface area contributed by atoms with Crippen molar-refractivity contribution in [1.82, 2.24) is 5.32 Å². The standard InChI is InChI=1S/C10H11NO2S2/c12-9(13)8(11-10(14)15)6-7-4-2-1-3-5-7/h1-5,8H,6H2,(H,12,13)(H2,11,14,15). The number of hydrogen-bond acceptors (Lipinski definition) is 2. The number of nitrogens with one attached hydrogen (secondary N) is 1. The third-order valence-electron chi connectivity index (χ3n) is 1.88. The van der Waals surface area contributed by atoms with Gasteiger partial charge in [0.2, 0.25) is 0 Å². The minimum Gasteiger partial charge on any atom is -0.480 e. The molecule has 1 aromatic carbocycles. The third kappa shape index (κ3) is 4.31. The predicted molar refractivity (Wildman–Crippen MR) is 66.3 cm³/mol. The quantitative estimate of drug-likeness (QED) is 0.552. The summed E-state index contributed by atoms with van der Waals surface area (Å²) in [6.45, 7) is 0. The van der Waals surface area contributed by atoms with Crippen LogP contribution < -0.4 is 5.32 Å². The second-order valence-corrected chi connectivity index (χ2v) is 4.19. The number of thiol groups is 1. The molecule has 1 rings (SSSR count). The lowest BCUT2D eigenvalue weighted by molar-refractivity contribution is -0.138. The van der Waals surface area contributed by atoms with Crippen molar-refractivity contribution in [1.29, 1.82) is 0 Å². The van der Waals surface area contributed by atoms with Crippen LogP contribution in [-0.2, 0) is 11.2 Å². The number of benzene rings is 1. The molecular weight excluding hydrogens is 230 g/mol. The molecule has 15 heavy (non-hydrogen) atoms. The van der Waals surface area contributed by atoms with Gasteiger partial charge in [-0.1, -0.05) is 42.5 Å². The van der Waals surface area contributed by atoms with Crippen LogP contribution >= 0.6 is 24.8 Å². The van der Waals surface area contributed by atoms with Crippen LogP contribution in [0.3, 0.4) is 0 Å². The highest BCUT2D eigenvalue weighted by Gasteiger charge is 2.17. The van der Waals surface area contributed by atoms with Crippen molar-refractivity contribution in [2.45, 2.75) is 12.5 Å². The molecule has 1 atom stereocenters. The van der Waals surface area contributed by atoms with Crippen LogP contribution in [0.1, 0.15) is 5.56 Å². The summed E-state index contributed by atoms with van der Waals surface area (Å²) in [4.78, 5) is 10.9.